The molecule has 0 fully saturated rings. The Morgan fingerprint density at radius 2 is 1.75 bits per heavy atom. The average molecular weight is 347 g/mol. The maximum Gasteiger partial charge on any atom is 0.330 e. The van der Waals surface area contributed by atoms with Crippen LogP contribution in [0.1, 0.15) is 6.92 Å². The van der Waals surface area contributed by atoms with Gasteiger partial charge in [-0.15, -0.1) is 0 Å². The molecule has 0 atom stereocenters. The van der Waals surface area contributed by atoms with Crippen LogP contribution in [0.2, 0.25) is 0 Å². The Morgan fingerprint density at radius 1 is 1.62 bits per heavy atom. The van der Waals surface area contributed by atoms with E-state index in [-0.39, 0.29) is 45.0 Å². The summed E-state index contributed by atoms with van der Waals surface area (Å²) >= 11 is 0. The van der Waals surface area contributed by atoms with E-state index in [2.05, 4.69) is 6.58 Å². The van der Waals surface area contributed by atoms with Gasteiger partial charge in [0.2, 0.25) is 0 Å². The third-order valence-electron chi connectivity index (χ3n) is 0.365. The molecule has 1 N–H and O–H groups in total. The van der Waals surface area contributed by atoms with Gasteiger partial charge in [-0.2, -0.15) is 0 Å². The minimum absolute atomic E-state index is 0. The van der Waals surface area contributed by atoms with Crippen molar-refractivity contribution < 1.29 is 49.3 Å². The second-order valence-electron chi connectivity index (χ2n) is 1.09. The van der Waals surface area contributed by atoms with E-state index in [4.69, 9.17) is 5.11 Å². The van der Waals surface area contributed by atoms with Crippen LogP contribution >= 0.6 is 0 Å². The monoisotopic (exact) mass is 346 g/mol. The Morgan fingerprint density at radius 3 is 1.75 bits per heavy atom. The van der Waals surface area contributed by atoms with Crippen LogP contribution in [0.5, 0.6) is 0 Å². The molecule has 56 valence electrons. The number of carboxylic acid groups (broad SMARTS) is 1. The molecule has 0 aromatic rings. The van der Waals surface area contributed by atoms with Gasteiger partial charge in [-0.3, -0.25) is 0 Å². The van der Waals surface area contributed by atoms with Crippen molar-refractivity contribution in [1.82, 2.24) is 0 Å². The number of carbonyl (C=O) groups is 1. The van der Waals surface area contributed by atoms with Crippen molar-refractivity contribution in [3.8, 4) is 0 Å². The molecule has 0 aliphatic rings. The van der Waals surface area contributed by atoms with E-state index in [1.165, 1.54) is 6.92 Å². The summed E-state index contributed by atoms with van der Waals surface area (Å²) in [5.41, 5.74) is 0.176. The molecule has 0 aliphatic carbocycles. The molecular weight excluding hydrogens is 341 g/mol. The fourth-order valence-corrected chi connectivity index (χ4v) is 0. The van der Waals surface area contributed by atoms with Crippen LogP contribution in [0.3, 0.4) is 0 Å². The van der Waals surface area contributed by atoms with E-state index in [9.17, 15) is 4.79 Å². The first kappa shape index (κ1) is 15.8. The second-order valence-corrected chi connectivity index (χ2v) is 1.09. The molecule has 0 bridgehead atoms. The van der Waals surface area contributed by atoms with Crippen molar-refractivity contribution in [3.05, 3.63) is 12.2 Å². The molecule has 0 heterocycles. The first-order chi connectivity index (χ1) is 2.64. The van der Waals surface area contributed by atoms with Crippen LogP contribution < -0.4 is 0 Å². The largest absolute Gasteiger partial charge is 0.478 e. The van der Waals surface area contributed by atoms with Gasteiger partial charge in [0.15, 0.2) is 0 Å². The maximum absolute atomic E-state index is 9.60. The van der Waals surface area contributed by atoms with Gasteiger partial charge < -0.3 is 5.11 Å². The van der Waals surface area contributed by atoms with Crippen LogP contribution in [-0.4, -0.2) is 11.1 Å². The Kier molecular flexibility index (Phi) is 14.7. The van der Waals surface area contributed by atoms with Crippen LogP contribution in [0, 0.1) is 0 Å². The van der Waals surface area contributed by atoms with Crippen LogP contribution in [0.4, 0.5) is 0 Å². The first-order valence-electron chi connectivity index (χ1n) is 1.53. The normalized spacial score (nSPS) is 5.62. The van der Waals surface area contributed by atoms with Crippen molar-refractivity contribution in [2.45, 2.75) is 6.92 Å². The topological polar surface area (TPSA) is 37.3 Å². The average Bonchev–Trinajstić information content (AvgIpc) is 1.36. The molecular formula is C4H6AuCuO2. The molecule has 0 amide bonds. The van der Waals surface area contributed by atoms with Crippen LogP contribution in [0.25, 0.3) is 0 Å². The molecule has 0 aromatic heterocycles. The van der Waals surface area contributed by atoms with Gasteiger partial charge in [0, 0.05) is 45.0 Å². The quantitative estimate of drug-likeness (QED) is 0.559. The Hall–Kier alpha value is 0.470. The summed E-state index contributed by atoms with van der Waals surface area (Å²) in [7, 11) is 0. The third kappa shape index (κ3) is 9.69. The summed E-state index contributed by atoms with van der Waals surface area (Å²) in [5, 5.41) is 7.89. The van der Waals surface area contributed by atoms with Gasteiger partial charge in [-0.05, 0) is 6.92 Å². The maximum atomic E-state index is 9.60. The minimum atomic E-state index is -0.935. The molecule has 4 heteroatoms. The SMILES string of the molecule is C=C(C)C(=O)O.[Au].[Cu]. The Bertz CT molecular complexity index is 80.0. The van der Waals surface area contributed by atoms with Gasteiger partial charge >= 0.3 is 5.97 Å². The summed E-state index contributed by atoms with van der Waals surface area (Å²) in [6.45, 7) is 4.60. The van der Waals surface area contributed by atoms with Crippen LogP contribution in [-0.2, 0) is 44.2 Å². The van der Waals surface area contributed by atoms with Crippen LogP contribution in [0.15, 0.2) is 12.2 Å². The van der Waals surface area contributed by atoms with E-state index < -0.39 is 5.97 Å². The molecule has 0 rings (SSSR count). The molecule has 2 nitrogen and oxygen atoms in total. The summed E-state index contributed by atoms with van der Waals surface area (Å²) < 4.78 is 0. The molecule has 0 saturated carbocycles. The molecule has 0 saturated heterocycles. The van der Waals surface area contributed by atoms with E-state index >= 15 is 0 Å². The number of aliphatic carboxylic acids is 1. The molecule has 8 heavy (non-hydrogen) atoms. The van der Waals surface area contributed by atoms with E-state index in [0.29, 0.717) is 0 Å². The number of hydrogen-bond donors (Lipinski definition) is 1. The van der Waals surface area contributed by atoms with Gasteiger partial charge in [0.05, 0.1) is 0 Å². The summed E-state index contributed by atoms with van der Waals surface area (Å²) in [6.07, 6.45) is 0. The number of carboxylic acids is 1. The van der Waals surface area contributed by atoms with Gasteiger partial charge in [-0.25, -0.2) is 4.79 Å². The zero-order valence-electron chi connectivity index (χ0n) is 4.17. The first-order valence-corrected chi connectivity index (χ1v) is 1.53. The fourth-order valence-electron chi connectivity index (χ4n) is 0. The van der Waals surface area contributed by atoms with Gasteiger partial charge in [-0.1, -0.05) is 6.58 Å². The summed E-state index contributed by atoms with van der Waals surface area (Å²) in [4.78, 5) is 9.60. The van der Waals surface area contributed by atoms with E-state index in [0.717, 1.165) is 0 Å². The second kappa shape index (κ2) is 7.47. The zero-order valence-corrected chi connectivity index (χ0v) is 7.27. The molecule has 0 aliphatic heterocycles. The van der Waals surface area contributed by atoms with Crippen molar-refractivity contribution in [1.29, 1.82) is 0 Å². The smallest absolute Gasteiger partial charge is 0.330 e. The van der Waals surface area contributed by atoms with Crippen molar-refractivity contribution in [3.63, 3.8) is 0 Å². The van der Waals surface area contributed by atoms with Crippen molar-refractivity contribution in [2.24, 2.45) is 0 Å². The molecule has 2 radical (unpaired) electrons. The number of hydrogen-bond acceptors (Lipinski definition) is 1. The number of rotatable bonds is 1. The predicted octanol–water partition coefficient (Wildman–Crippen LogP) is 0.642. The molecule has 0 aromatic carbocycles. The van der Waals surface area contributed by atoms with Gasteiger partial charge in [0.1, 0.15) is 0 Å². The Balaban J connectivity index is -0.000000125. The summed E-state index contributed by atoms with van der Waals surface area (Å²) in [5.74, 6) is -0.935. The van der Waals surface area contributed by atoms with Crippen molar-refractivity contribution >= 4 is 5.97 Å². The molecule has 0 unspecified atom stereocenters. The Labute approximate surface area is 74.3 Å². The van der Waals surface area contributed by atoms with E-state index in [1.807, 2.05) is 0 Å². The van der Waals surface area contributed by atoms with Crippen molar-refractivity contribution in [2.75, 3.05) is 0 Å². The minimum Gasteiger partial charge on any atom is -0.478 e. The van der Waals surface area contributed by atoms with E-state index in [1.54, 1.807) is 0 Å². The zero-order chi connectivity index (χ0) is 5.15. The molecule has 0 spiro atoms. The standard InChI is InChI=1S/C4H6O2.Au.Cu/c1-3(2)4(5)6;;/h1H2,2H3,(H,5,6);;. The fraction of sp³-hybridized carbons (Fsp3) is 0.250. The third-order valence-corrected chi connectivity index (χ3v) is 0.365. The summed E-state index contributed by atoms with van der Waals surface area (Å²) in [6, 6.07) is 0. The predicted molar refractivity (Wildman–Crippen MR) is 22.4 cm³/mol. The van der Waals surface area contributed by atoms with Gasteiger partial charge in [0.25, 0.3) is 0 Å².